The number of nitrogens with zero attached hydrogens (tertiary/aromatic N) is 1. The highest BCUT2D eigenvalue weighted by Crippen LogP contribution is 2.21. The van der Waals surface area contributed by atoms with Crippen LogP contribution in [0.5, 0.6) is 0 Å². The Morgan fingerprint density at radius 1 is 1.10 bits per heavy atom. The average Bonchev–Trinajstić information content (AvgIpc) is 2.35. The van der Waals surface area contributed by atoms with Crippen molar-refractivity contribution in [2.75, 3.05) is 26.8 Å². The Hall–Kier alpha value is 0.274. The minimum Gasteiger partial charge on any atom is -0.374 e. The summed E-state index contributed by atoms with van der Waals surface area (Å²) in [7, 11) is -1.28. The molecule has 0 amide bonds. The summed E-state index contributed by atoms with van der Waals surface area (Å²) in [6, 6.07) is 0.855. The van der Waals surface area contributed by atoms with E-state index in [0.29, 0.717) is 13.2 Å². The van der Waals surface area contributed by atoms with Crippen LogP contribution in [0.25, 0.3) is 0 Å². The van der Waals surface area contributed by atoms with Crippen LogP contribution in [-0.4, -0.2) is 60.6 Å². The predicted octanol–water partition coefficient (Wildman–Crippen LogP) is 3.16. The van der Waals surface area contributed by atoms with E-state index in [4.69, 9.17) is 13.3 Å². The second-order valence-electron chi connectivity index (χ2n) is 6.96. The van der Waals surface area contributed by atoms with Gasteiger partial charge in [-0.2, -0.15) is 0 Å². The molecule has 0 heterocycles. The van der Waals surface area contributed by atoms with Gasteiger partial charge in [0.2, 0.25) is 0 Å². The summed E-state index contributed by atoms with van der Waals surface area (Å²) in [6.45, 7) is 19.7. The van der Waals surface area contributed by atoms with Gasteiger partial charge in [-0.1, -0.05) is 13.1 Å². The molecule has 1 atom stereocenters. The van der Waals surface area contributed by atoms with Crippen molar-refractivity contribution < 1.29 is 13.3 Å². The van der Waals surface area contributed by atoms with E-state index in [1.165, 1.54) is 0 Å². The van der Waals surface area contributed by atoms with Gasteiger partial charge in [0.1, 0.15) is 0 Å². The molecule has 0 fully saturated rings. The fourth-order valence-electron chi connectivity index (χ4n) is 1.81. The fraction of sp³-hybridized carbons (Fsp3) is 1.00. The number of hydrogen-bond donors (Lipinski definition) is 0. The minimum absolute atomic E-state index is 0.150. The van der Waals surface area contributed by atoms with Gasteiger partial charge in [-0.3, -0.25) is 0 Å². The molecule has 0 saturated heterocycles. The van der Waals surface area contributed by atoms with Gasteiger partial charge < -0.3 is 18.2 Å². The second-order valence-corrected chi connectivity index (χ2v) is 13.1. The molecular formula is C15H37NO3Si2. The van der Waals surface area contributed by atoms with E-state index in [9.17, 15) is 0 Å². The summed E-state index contributed by atoms with van der Waals surface area (Å²) in [5, 5.41) is 0. The summed E-state index contributed by atoms with van der Waals surface area (Å²) in [4.78, 5) is 2.34. The van der Waals surface area contributed by atoms with E-state index < -0.39 is 17.6 Å². The van der Waals surface area contributed by atoms with E-state index in [1.54, 1.807) is 0 Å². The standard InChI is InChI=1S/C15H37NO3Si2/c1-10-17-21(18-11-2,19-14(3)20(8)9)13-12-16(7)15(4,5)6/h14,20H,10-13H2,1-9H3. The highest BCUT2D eigenvalue weighted by molar-refractivity contribution is 6.63. The molecule has 0 saturated carbocycles. The third-order valence-electron chi connectivity index (χ3n) is 3.93. The molecular weight excluding hydrogens is 298 g/mol. The van der Waals surface area contributed by atoms with Gasteiger partial charge in [0.25, 0.3) is 0 Å². The average molecular weight is 336 g/mol. The first-order valence-corrected chi connectivity index (χ1v) is 13.2. The van der Waals surface area contributed by atoms with Crippen molar-refractivity contribution in [3.8, 4) is 0 Å². The Labute approximate surface area is 135 Å². The predicted molar refractivity (Wildman–Crippen MR) is 95.6 cm³/mol. The van der Waals surface area contributed by atoms with E-state index in [0.717, 1.165) is 12.6 Å². The molecule has 0 aliphatic rings. The molecule has 4 nitrogen and oxygen atoms in total. The molecule has 0 aliphatic heterocycles. The smallest absolute Gasteiger partial charge is 0.374 e. The molecule has 0 radical (unpaired) electrons. The third-order valence-corrected chi connectivity index (χ3v) is 9.24. The Kier molecular flexibility index (Phi) is 9.54. The van der Waals surface area contributed by atoms with Crippen molar-refractivity contribution in [2.24, 2.45) is 0 Å². The Balaban J connectivity index is 4.92. The zero-order valence-electron chi connectivity index (χ0n) is 15.7. The monoisotopic (exact) mass is 335 g/mol. The maximum Gasteiger partial charge on any atom is 0.502 e. The van der Waals surface area contributed by atoms with Crippen LogP contribution < -0.4 is 0 Å². The normalized spacial score (nSPS) is 15.0. The first kappa shape index (κ1) is 21.3. The zero-order chi connectivity index (χ0) is 16.7. The fourth-order valence-corrected chi connectivity index (χ4v) is 6.20. The van der Waals surface area contributed by atoms with Crippen molar-refractivity contribution in [3.05, 3.63) is 0 Å². The van der Waals surface area contributed by atoms with Gasteiger partial charge in [0.05, 0.1) is 8.80 Å². The van der Waals surface area contributed by atoms with Gasteiger partial charge in [-0.05, 0) is 48.6 Å². The molecule has 1 unspecified atom stereocenters. The Morgan fingerprint density at radius 3 is 1.90 bits per heavy atom. The molecule has 0 spiro atoms. The lowest BCUT2D eigenvalue weighted by molar-refractivity contribution is 0.0538. The number of rotatable bonds is 10. The highest BCUT2D eigenvalue weighted by atomic mass is 28.4. The quantitative estimate of drug-likeness (QED) is 0.574. The molecule has 0 N–H and O–H groups in total. The van der Waals surface area contributed by atoms with Crippen LogP contribution in [0.2, 0.25) is 19.1 Å². The molecule has 0 aliphatic carbocycles. The molecule has 0 bridgehead atoms. The first-order valence-electron chi connectivity index (χ1n) is 8.25. The lowest BCUT2D eigenvalue weighted by Gasteiger charge is -2.37. The Morgan fingerprint density at radius 2 is 1.57 bits per heavy atom. The Bertz CT molecular complexity index is 277. The SMILES string of the molecule is CCO[Si](CCN(C)C(C)(C)C)(OCC)OC(C)[SiH](C)C. The van der Waals surface area contributed by atoms with Crippen LogP contribution in [0.3, 0.4) is 0 Å². The number of hydrogen-bond acceptors (Lipinski definition) is 4. The maximum absolute atomic E-state index is 6.37. The zero-order valence-corrected chi connectivity index (χ0v) is 17.8. The second kappa shape index (κ2) is 9.42. The van der Waals surface area contributed by atoms with Gasteiger partial charge in [-0.25, -0.2) is 0 Å². The lowest BCUT2D eigenvalue weighted by atomic mass is 10.1. The van der Waals surface area contributed by atoms with Crippen LogP contribution in [0.15, 0.2) is 0 Å². The summed E-state index contributed by atoms with van der Waals surface area (Å²) in [5.41, 5.74) is 0.437. The summed E-state index contributed by atoms with van der Waals surface area (Å²) < 4.78 is 18.5. The van der Waals surface area contributed by atoms with Gasteiger partial charge in [0.15, 0.2) is 0 Å². The van der Waals surface area contributed by atoms with Crippen molar-refractivity contribution >= 4 is 17.6 Å². The van der Waals surface area contributed by atoms with E-state index in [1.807, 2.05) is 13.8 Å². The van der Waals surface area contributed by atoms with Crippen LogP contribution in [0, 0.1) is 0 Å². The molecule has 0 aromatic carbocycles. The van der Waals surface area contributed by atoms with Crippen LogP contribution in [0.4, 0.5) is 0 Å². The summed E-state index contributed by atoms with van der Waals surface area (Å²) in [6.07, 6.45) is 0. The molecule has 0 aromatic rings. The van der Waals surface area contributed by atoms with E-state index in [-0.39, 0.29) is 11.3 Å². The molecule has 6 heteroatoms. The maximum atomic E-state index is 6.37. The van der Waals surface area contributed by atoms with Crippen LogP contribution in [0.1, 0.15) is 41.5 Å². The van der Waals surface area contributed by atoms with E-state index >= 15 is 0 Å². The summed E-state index contributed by atoms with van der Waals surface area (Å²) >= 11 is 0. The molecule has 21 heavy (non-hydrogen) atoms. The lowest BCUT2D eigenvalue weighted by Crippen LogP contribution is -2.53. The van der Waals surface area contributed by atoms with Crippen molar-refractivity contribution in [3.63, 3.8) is 0 Å². The molecule has 0 rings (SSSR count). The van der Waals surface area contributed by atoms with Crippen molar-refractivity contribution in [2.45, 2.75) is 71.9 Å². The first-order chi connectivity index (χ1) is 9.58. The molecule has 0 aromatic heterocycles. The minimum atomic E-state index is -2.57. The van der Waals surface area contributed by atoms with E-state index in [2.05, 4.69) is 52.7 Å². The summed E-state index contributed by atoms with van der Waals surface area (Å²) in [5.74, 6) is 0. The molecule has 128 valence electrons. The highest BCUT2D eigenvalue weighted by Gasteiger charge is 2.43. The van der Waals surface area contributed by atoms with Gasteiger partial charge in [0, 0.05) is 37.1 Å². The van der Waals surface area contributed by atoms with Gasteiger partial charge in [-0.15, -0.1) is 0 Å². The largest absolute Gasteiger partial charge is 0.502 e. The van der Waals surface area contributed by atoms with Crippen molar-refractivity contribution in [1.29, 1.82) is 0 Å². The topological polar surface area (TPSA) is 30.9 Å². The van der Waals surface area contributed by atoms with Crippen LogP contribution in [-0.2, 0) is 13.3 Å². The third kappa shape index (κ3) is 7.90. The van der Waals surface area contributed by atoms with Crippen molar-refractivity contribution in [1.82, 2.24) is 4.90 Å². The van der Waals surface area contributed by atoms with Crippen LogP contribution >= 0.6 is 0 Å². The van der Waals surface area contributed by atoms with Gasteiger partial charge >= 0.3 is 8.80 Å².